The van der Waals surface area contributed by atoms with E-state index < -0.39 is 0 Å². The van der Waals surface area contributed by atoms with Gasteiger partial charge in [0.2, 0.25) is 5.91 Å². The Balaban J connectivity index is 2.18. The van der Waals surface area contributed by atoms with Crippen LogP contribution in [0.3, 0.4) is 0 Å². The van der Waals surface area contributed by atoms with Crippen LogP contribution in [0, 0.1) is 5.92 Å². The number of carbonyl (C=O) groups is 1. The summed E-state index contributed by atoms with van der Waals surface area (Å²) in [6, 6.07) is 2.28. The first-order valence-corrected chi connectivity index (χ1v) is 8.61. The van der Waals surface area contributed by atoms with Crippen molar-refractivity contribution in [2.24, 2.45) is 5.92 Å². The second-order valence-electron chi connectivity index (χ2n) is 6.53. The van der Waals surface area contributed by atoms with Crippen molar-refractivity contribution < 1.29 is 4.79 Å². The molecule has 4 nitrogen and oxygen atoms in total. The van der Waals surface area contributed by atoms with E-state index in [-0.39, 0.29) is 24.2 Å². The number of hydrogen-bond donors (Lipinski definition) is 1. The highest BCUT2D eigenvalue weighted by molar-refractivity contribution is 7.07. The molecule has 2 rings (SSSR count). The molecule has 1 amide bonds. The van der Waals surface area contributed by atoms with E-state index in [0.717, 1.165) is 13.0 Å². The minimum absolute atomic E-state index is 0.0216. The van der Waals surface area contributed by atoms with Crippen LogP contribution in [0.2, 0.25) is 0 Å². The maximum Gasteiger partial charge on any atom is 0.241 e. The van der Waals surface area contributed by atoms with Crippen LogP contribution in [0.4, 0.5) is 0 Å². The van der Waals surface area contributed by atoms with Crippen molar-refractivity contribution in [2.75, 3.05) is 20.6 Å². The highest BCUT2D eigenvalue weighted by Gasteiger charge is 2.43. The highest BCUT2D eigenvalue weighted by Crippen LogP contribution is 2.31. The van der Waals surface area contributed by atoms with Gasteiger partial charge in [0.1, 0.15) is 6.17 Å². The Morgan fingerprint density at radius 1 is 1.38 bits per heavy atom. The fourth-order valence-electron chi connectivity index (χ4n) is 2.83. The molecular formula is C16H27N3OS. The van der Waals surface area contributed by atoms with Gasteiger partial charge in [0.25, 0.3) is 0 Å². The monoisotopic (exact) mass is 309 g/mol. The van der Waals surface area contributed by atoms with Crippen LogP contribution in [-0.2, 0) is 4.79 Å². The molecule has 118 valence electrons. The first-order valence-electron chi connectivity index (χ1n) is 7.67. The molecule has 0 aromatic carbocycles. The molecule has 1 aliphatic rings. The van der Waals surface area contributed by atoms with Crippen molar-refractivity contribution >= 4 is 17.2 Å². The Kier molecular flexibility index (Phi) is 5.41. The topological polar surface area (TPSA) is 35.6 Å². The molecule has 0 spiro atoms. The van der Waals surface area contributed by atoms with E-state index in [1.54, 1.807) is 11.3 Å². The first kappa shape index (κ1) is 16.5. The van der Waals surface area contributed by atoms with E-state index in [1.807, 2.05) is 0 Å². The first-order chi connectivity index (χ1) is 9.91. The third-order valence-electron chi connectivity index (χ3n) is 4.13. The minimum atomic E-state index is -0.0725. The van der Waals surface area contributed by atoms with Gasteiger partial charge >= 0.3 is 0 Å². The third-order valence-corrected chi connectivity index (χ3v) is 4.83. The number of rotatable bonds is 6. The molecule has 21 heavy (non-hydrogen) atoms. The summed E-state index contributed by atoms with van der Waals surface area (Å²) in [5, 5.41) is 7.75. The smallest absolute Gasteiger partial charge is 0.241 e. The van der Waals surface area contributed by atoms with Crippen molar-refractivity contribution in [3.63, 3.8) is 0 Å². The predicted octanol–water partition coefficient (Wildman–Crippen LogP) is 2.54. The summed E-state index contributed by atoms with van der Waals surface area (Å²) < 4.78 is 0. The maximum absolute atomic E-state index is 12.8. The van der Waals surface area contributed by atoms with Crippen molar-refractivity contribution in [3.8, 4) is 0 Å². The molecule has 0 bridgehead atoms. The maximum atomic E-state index is 12.8. The zero-order valence-electron chi connectivity index (χ0n) is 13.7. The lowest BCUT2D eigenvalue weighted by atomic mass is 10.0. The lowest BCUT2D eigenvalue weighted by Gasteiger charge is -2.31. The van der Waals surface area contributed by atoms with Crippen LogP contribution in [0.5, 0.6) is 0 Å². The van der Waals surface area contributed by atoms with Crippen molar-refractivity contribution in [3.05, 3.63) is 22.4 Å². The standard InChI is InChI=1S/C16H27N3OS/c1-11(2)14-16(20)19(12(3)6-8-18(4)5)15(17-14)13-7-9-21-10-13/h7,9-12,14-15,17H,6,8H2,1-5H3. The second kappa shape index (κ2) is 6.90. The van der Waals surface area contributed by atoms with Crippen LogP contribution in [0.1, 0.15) is 38.9 Å². The summed E-state index contributed by atoms with van der Waals surface area (Å²) in [6.07, 6.45) is 1.01. The fraction of sp³-hybridized carbons (Fsp3) is 0.688. The summed E-state index contributed by atoms with van der Waals surface area (Å²) in [6.45, 7) is 7.36. The van der Waals surface area contributed by atoms with Gasteiger partial charge in [-0.1, -0.05) is 13.8 Å². The summed E-state index contributed by atoms with van der Waals surface area (Å²) >= 11 is 1.68. The molecule has 0 aliphatic carbocycles. The summed E-state index contributed by atoms with van der Waals surface area (Å²) in [5.74, 6) is 0.553. The normalized spacial score (nSPS) is 24.3. The number of hydrogen-bond acceptors (Lipinski definition) is 4. The molecule has 0 radical (unpaired) electrons. The van der Waals surface area contributed by atoms with Crippen LogP contribution in [-0.4, -0.2) is 48.4 Å². The molecule has 3 unspecified atom stereocenters. The van der Waals surface area contributed by atoms with Gasteiger partial charge in [-0.05, 0) is 62.3 Å². The van der Waals surface area contributed by atoms with E-state index >= 15 is 0 Å². The van der Waals surface area contributed by atoms with Gasteiger partial charge in [-0.15, -0.1) is 0 Å². The van der Waals surface area contributed by atoms with Crippen LogP contribution in [0.25, 0.3) is 0 Å². The van der Waals surface area contributed by atoms with Gasteiger partial charge in [-0.2, -0.15) is 11.3 Å². The van der Waals surface area contributed by atoms with Crippen LogP contribution in [0.15, 0.2) is 16.8 Å². The van der Waals surface area contributed by atoms with Gasteiger partial charge in [0.15, 0.2) is 0 Å². The number of nitrogens with zero attached hydrogens (tertiary/aromatic N) is 2. The van der Waals surface area contributed by atoms with Gasteiger partial charge in [-0.25, -0.2) is 0 Å². The third kappa shape index (κ3) is 3.65. The van der Waals surface area contributed by atoms with Crippen LogP contribution >= 0.6 is 11.3 Å². The molecule has 0 saturated carbocycles. The van der Waals surface area contributed by atoms with E-state index in [4.69, 9.17) is 0 Å². The Bertz CT molecular complexity index is 458. The lowest BCUT2D eigenvalue weighted by Crippen LogP contribution is -2.40. The van der Waals surface area contributed by atoms with Crippen molar-refractivity contribution in [1.29, 1.82) is 0 Å². The molecule has 5 heteroatoms. The van der Waals surface area contributed by atoms with Gasteiger partial charge in [0, 0.05) is 6.04 Å². The Morgan fingerprint density at radius 3 is 2.62 bits per heavy atom. The Hall–Kier alpha value is -0.910. The van der Waals surface area contributed by atoms with Crippen molar-refractivity contribution in [1.82, 2.24) is 15.1 Å². The molecule has 1 aliphatic heterocycles. The number of amides is 1. The predicted molar refractivity (Wildman–Crippen MR) is 88.3 cm³/mol. The quantitative estimate of drug-likeness (QED) is 0.877. The largest absolute Gasteiger partial charge is 0.319 e. The minimum Gasteiger partial charge on any atom is -0.319 e. The van der Waals surface area contributed by atoms with Crippen molar-refractivity contribution in [2.45, 2.75) is 45.4 Å². The van der Waals surface area contributed by atoms with Gasteiger partial charge in [-0.3, -0.25) is 10.1 Å². The number of nitrogens with one attached hydrogen (secondary N) is 1. The Morgan fingerprint density at radius 2 is 2.10 bits per heavy atom. The second-order valence-corrected chi connectivity index (χ2v) is 7.31. The lowest BCUT2D eigenvalue weighted by molar-refractivity contribution is -0.132. The SMILES string of the molecule is CC(C)C1NC(c2ccsc2)N(C(C)CCN(C)C)C1=O. The molecule has 1 saturated heterocycles. The summed E-state index contributed by atoms with van der Waals surface area (Å²) in [4.78, 5) is 17.0. The van der Waals surface area contributed by atoms with Gasteiger partial charge < -0.3 is 9.80 Å². The number of thiophene rings is 1. The highest BCUT2D eigenvalue weighted by atomic mass is 32.1. The zero-order chi connectivity index (χ0) is 15.6. The molecule has 1 aromatic heterocycles. The fourth-order valence-corrected chi connectivity index (χ4v) is 3.51. The average Bonchev–Trinajstić information content (AvgIpc) is 3.02. The Labute approximate surface area is 132 Å². The summed E-state index contributed by atoms with van der Waals surface area (Å²) in [5.41, 5.74) is 1.20. The molecule has 2 heterocycles. The summed E-state index contributed by atoms with van der Waals surface area (Å²) in [7, 11) is 4.15. The van der Waals surface area contributed by atoms with E-state index in [1.165, 1.54) is 5.56 Å². The van der Waals surface area contributed by atoms with E-state index in [9.17, 15) is 4.79 Å². The number of carbonyl (C=O) groups excluding carboxylic acids is 1. The molecule has 1 fully saturated rings. The van der Waals surface area contributed by atoms with E-state index in [2.05, 4.69) is 66.8 Å². The van der Waals surface area contributed by atoms with E-state index in [0.29, 0.717) is 5.92 Å². The molecular weight excluding hydrogens is 282 g/mol. The molecule has 1 N–H and O–H groups in total. The van der Waals surface area contributed by atoms with Crippen LogP contribution < -0.4 is 5.32 Å². The average molecular weight is 309 g/mol. The van der Waals surface area contributed by atoms with Gasteiger partial charge in [0.05, 0.1) is 6.04 Å². The molecule has 3 atom stereocenters. The zero-order valence-corrected chi connectivity index (χ0v) is 14.5. The molecule has 1 aromatic rings.